The van der Waals surface area contributed by atoms with Crippen LogP contribution in [0.15, 0.2) is 78.9 Å². The van der Waals surface area contributed by atoms with Crippen molar-refractivity contribution in [3.63, 3.8) is 0 Å². The van der Waals surface area contributed by atoms with Gasteiger partial charge < -0.3 is 15.4 Å². The fraction of sp³-hybridized carbons (Fsp3) is 0.222. The number of carbonyl (C=O) groups is 3. The third-order valence-corrected chi connectivity index (χ3v) is 5.69. The lowest BCUT2D eigenvalue weighted by Gasteiger charge is -2.24. The molecule has 0 bridgehead atoms. The van der Waals surface area contributed by atoms with Crippen LogP contribution in [0.25, 0.3) is 0 Å². The summed E-state index contributed by atoms with van der Waals surface area (Å²) in [5, 5.41) is 5.68. The van der Waals surface area contributed by atoms with Gasteiger partial charge in [0.15, 0.2) is 12.1 Å². The summed E-state index contributed by atoms with van der Waals surface area (Å²) >= 11 is 0. The topological polar surface area (TPSA) is 87.7 Å². The van der Waals surface area contributed by atoms with Gasteiger partial charge in [0, 0.05) is 17.8 Å². The molecule has 4 rings (SSSR count). The second-order valence-corrected chi connectivity index (χ2v) is 8.20. The molecule has 0 unspecified atom stereocenters. The second kappa shape index (κ2) is 10.2. The van der Waals surface area contributed by atoms with Crippen molar-refractivity contribution in [2.45, 2.75) is 32.5 Å². The number of ether oxygens (including phenoxy) is 1. The Morgan fingerprint density at radius 1 is 0.971 bits per heavy atom. The first kappa shape index (κ1) is 23.0. The molecule has 0 saturated carbocycles. The first-order valence-corrected chi connectivity index (χ1v) is 11.2. The maximum Gasteiger partial charge on any atom is 0.411 e. The van der Waals surface area contributed by atoms with E-state index in [0.717, 1.165) is 11.1 Å². The van der Waals surface area contributed by atoms with Crippen LogP contribution in [0.5, 0.6) is 0 Å². The van der Waals surface area contributed by atoms with Crippen LogP contribution >= 0.6 is 0 Å². The molecule has 0 aromatic heterocycles. The van der Waals surface area contributed by atoms with Gasteiger partial charge in [-0.15, -0.1) is 0 Å². The van der Waals surface area contributed by atoms with E-state index in [-0.39, 0.29) is 18.4 Å². The van der Waals surface area contributed by atoms with Gasteiger partial charge >= 0.3 is 6.09 Å². The Hall–Kier alpha value is -4.13. The van der Waals surface area contributed by atoms with E-state index in [1.54, 1.807) is 48.5 Å². The highest BCUT2D eigenvalue weighted by molar-refractivity contribution is 6.04. The molecule has 1 fully saturated rings. The van der Waals surface area contributed by atoms with Crippen LogP contribution in [0.2, 0.25) is 0 Å². The first-order valence-electron chi connectivity index (χ1n) is 11.2. The van der Waals surface area contributed by atoms with Gasteiger partial charge in [0.1, 0.15) is 0 Å². The Morgan fingerprint density at radius 2 is 1.71 bits per heavy atom. The third-order valence-electron chi connectivity index (χ3n) is 5.69. The number of nitrogens with zero attached hydrogens (tertiary/aromatic N) is 1. The summed E-state index contributed by atoms with van der Waals surface area (Å²) < 4.78 is 5.69. The first-order chi connectivity index (χ1) is 16.5. The Bertz CT molecular complexity index is 1180. The number of hydrogen-bond donors (Lipinski definition) is 2. The molecule has 7 heteroatoms. The zero-order chi connectivity index (χ0) is 24.1. The minimum atomic E-state index is -0.839. The summed E-state index contributed by atoms with van der Waals surface area (Å²) in [4.78, 5) is 39.9. The predicted octanol–water partition coefficient (Wildman–Crippen LogP) is 4.45. The van der Waals surface area contributed by atoms with Gasteiger partial charge in [-0.1, -0.05) is 60.2 Å². The number of nitrogens with one attached hydrogen (secondary N) is 2. The Balaban J connectivity index is 1.59. The van der Waals surface area contributed by atoms with Crippen molar-refractivity contribution in [1.29, 1.82) is 0 Å². The molecule has 2 atom stereocenters. The Labute approximate surface area is 198 Å². The van der Waals surface area contributed by atoms with Crippen molar-refractivity contribution in [3.8, 4) is 0 Å². The second-order valence-electron chi connectivity index (χ2n) is 8.20. The number of amides is 3. The van der Waals surface area contributed by atoms with E-state index in [2.05, 4.69) is 10.6 Å². The highest BCUT2D eigenvalue weighted by atomic mass is 16.6. The van der Waals surface area contributed by atoms with Crippen LogP contribution in [0, 0.1) is 6.92 Å². The van der Waals surface area contributed by atoms with Crippen molar-refractivity contribution in [2.24, 2.45) is 0 Å². The number of carbonyl (C=O) groups excluding carboxylic acids is 3. The summed E-state index contributed by atoms with van der Waals surface area (Å²) in [5.74, 6) is -0.536. The van der Waals surface area contributed by atoms with Gasteiger partial charge in [-0.05, 0) is 49.2 Å². The normalized spacial score (nSPS) is 17.2. The Kier molecular flexibility index (Phi) is 6.92. The fourth-order valence-corrected chi connectivity index (χ4v) is 3.97. The quantitative estimate of drug-likeness (QED) is 0.549. The van der Waals surface area contributed by atoms with E-state index in [9.17, 15) is 14.4 Å². The largest absolute Gasteiger partial charge is 0.438 e. The molecule has 0 radical (unpaired) electrons. The lowest BCUT2D eigenvalue weighted by Crippen LogP contribution is -2.46. The molecule has 1 aliphatic rings. The summed E-state index contributed by atoms with van der Waals surface area (Å²) in [6.45, 7) is 4.50. The molecule has 1 saturated heterocycles. The van der Waals surface area contributed by atoms with Crippen molar-refractivity contribution >= 4 is 23.6 Å². The molecular formula is C27H27N3O4. The minimum Gasteiger partial charge on any atom is -0.438 e. The molecule has 7 nitrogen and oxygen atoms in total. The van der Waals surface area contributed by atoms with Gasteiger partial charge in [-0.25, -0.2) is 4.79 Å². The number of hydrogen-bond acceptors (Lipinski definition) is 4. The lowest BCUT2D eigenvalue weighted by atomic mass is 10.00. The molecule has 0 spiro atoms. The molecule has 3 aromatic rings. The van der Waals surface area contributed by atoms with Gasteiger partial charge in [0.25, 0.3) is 5.91 Å². The number of cyclic esters (lactones) is 1. The maximum absolute atomic E-state index is 13.0. The molecule has 3 amide bonds. The van der Waals surface area contributed by atoms with E-state index in [1.807, 2.05) is 44.2 Å². The van der Waals surface area contributed by atoms with Crippen LogP contribution in [-0.4, -0.2) is 35.4 Å². The molecular weight excluding hydrogens is 430 g/mol. The van der Waals surface area contributed by atoms with Gasteiger partial charge in [0.2, 0.25) is 5.91 Å². The van der Waals surface area contributed by atoms with Gasteiger partial charge in [-0.3, -0.25) is 14.5 Å². The monoisotopic (exact) mass is 457 g/mol. The van der Waals surface area contributed by atoms with Crippen LogP contribution in [0.1, 0.15) is 40.1 Å². The number of benzene rings is 3. The Morgan fingerprint density at radius 3 is 2.41 bits per heavy atom. The average molecular weight is 458 g/mol. The SMILES string of the molecule is CCNC(=O)[C@@H]1[C@@H](c2cccc(NC(=O)c3ccccc3)c2)OC(=O)N1Cc1ccc(C)cc1. The number of aryl methyl sites for hydroxylation is 1. The van der Waals surface area contributed by atoms with E-state index < -0.39 is 18.2 Å². The summed E-state index contributed by atoms with van der Waals surface area (Å²) in [7, 11) is 0. The minimum absolute atomic E-state index is 0.248. The van der Waals surface area contributed by atoms with Crippen molar-refractivity contribution in [2.75, 3.05) is 11.9 Å². The zero-order valence-electron chi connectivity index (χ0n) is 19.2. The molecule has 174 valence electrons. The highest BCUT2D eigenvalue weighted by Crippen LogP contribution is 2.35. The lowest BCUT2D eigenvalue weighted by molar-refractivity contribution is -0.126. The molecule has 34 heavy (non-hydrogen) atoms. The molecule has 2 N–H and O–H groups in total. The van der Waals surface area contributed by atoms with E-state index in [0.29, 0.717) is 23.4 Å². The third kappa shape index (κ3) is 5.09. The van der Waals surface area contributed by atoms with E-state index >= 15 is 0 Å². The summed E-state index contributed by atoms with van der Waals surface area (Å²) in [6, 6.07) is 22.9. The van der Waals surface area contributed by atoms with Crippen molar-refractivity contribution in [1.82, 2.24) is 10.2 Å². The van der Waals surface area contributed by atoms with Gasteiger partial charge in [-0.2, -0.15) is 0 Å². The summed E-state index contributed by atoms with van der Waals surface area (Å²) in [5.41, 5.74) is 3.72. The molecule has 3 aromatic carbocycles. The average Bonchev–Trinajstić information content (AvgIpc) is 3.17. The maximum atomic E-state index is 13.0. The number of likely N-dealkylation sites (N-methyl/N-ethyl adjacent to an activating group) is 1. The standard InChI is InChI=1S/C27H27N3O4/c1-3-28-26(32)23-24(34-27(33)30(23)17-19-14-12-18(2)13-15-19)21-10-7-11-22(16-21)29-25(31)20-8-5-4-6-9-20/h4-16,23-24H,3,17H2,1-2H3,(H,28,32)(H,29,31)/t23-,24+/m0/s1. The number of rotatable bonds is 7. The van der Waals surface area contributed by atoms with Crippen LogP contribution in [-0.2, 0) is 16.1 Å². The summed E-state index contributed by atoms with van der Waals surface area (Å²) in [6.07, 6.45) is -1.36. The van der Waals surface area contributed by atoms with Crippen LogP contribution < -0.4 is 10.6 Å². The van der Waals surface area contributed by atoms with Crippen molar-refractivity contribution in [3.05, 3.63) is 101 Å². The highest BCUT2D eigenvalue weighted by Gasteiger charge is 2.46. The number of anilines is 1. The van der Waals surface area contributed by atoms with Crippen molar-refractivity contribution < 1.29 is 19.1 Å². The van der Waals surface area contributed by atoms with Crippen LogP contribution in [0.3, 0.4) is 0 Å². The zero-order valence-corrected chi connectivity index (χ0v) is 19.2. The fourth-order valence-electron chi connectivity index (χ4n) is 3.97. The smallest absolute Gasteiger partial charge is 0.411 e. The van der Waals surface area contributed by atoms with E-state index in [1.165, 1.54) is 4.90 Å². The molecule has 1 aliphatic heterocycles. The molecule has 1 heterocycles. The van der Waals surface area contributed by atoms with Crippen LogP contribution in [0.4, 0.5) is 10.5 Å². The molecule has 0 aliphatic carbocycles. The van der Waals surface area contributed by atoms with Gasteiger partial charge in [0.05, 0.1) is 6.54 Å². The predicted molar refractivity (Wildman–Crippen MR) is 129 cm³/mol. The van der Waals surface area contributed by atoms with E-state index in [4.69, 9.17) is 4.74 Å².